The Kier molecular flexibility index (Phi) is 7.57. The standard InChI is InChI=1S/C9H16N2O4S/c1-6(12)11-5-7(10-2)16-9(15)4-3-8(13)14/h7,10H,3-5H2,1-2H3,(H,11,12)(H,13,14). The van der Waals surface area contributed by atoms with Gasteiger partial charge in [-0.25, -0.2) is 0 Å². The van der Waals surface area contributed by atoms with Gasteiger partial charge in [0.15, 0.2) is 5.12 Å². The normalized spacial score (nSPS) is 11.9. The summed E-state index contributed by atoms with van der Waals surface area (Å²) in [7, 11) is 1.67. The molecular formula is C9H16N2O4S. The van der Waals surface area contributed by atoms with Crippen molar-refractivity contribution in [3.63, 3.8) is 0 Å². The van der Waals surface area contributed by atoms with Crippen LogP contribution in [-0.2, 0) is 14.4 Å². The molecule has 0 saturated carbocycles. The van der Waals surface area contributed by atoms with Crippen LogP contribution in [0.1, 0.15) is 19.8 Å². The SMILES string of the molecule is CNC(CNC(C)=O)SC(=O)CCC(=O)O. The van der Waals surface area contributed by atoms with Gasteiger partial charge in [0.05, 0.1) is 11.8 Å². The van der Waals surface area contributed by atoms with Crippen molar-refractivity contribution in [2.75, 3.05) is 13.6 Å². The molecule has 92 valence electrons. The molecule has 0 fully saturated rings. The number of nitrogens with one attached hydrogen (secondary N) is 2. The van der Waals surface area contributed by atoms with Crippen LogP contribution in [0.2, 0.25) is 0 Å². The van der Waals surface area contributed by atoms with Gasteiger partial charge in [-0.3, -0.25) is 14.4 Å². The number of amides is 1. The fourth-order valence-corrected chi connectivity index (χ4v) is 1.69. The predicted molar refractivity (Wildman–Crippen MR) is 61.0 cm³/mol. The molecule has 1 unspecified atom stereocenters. The molecule has 6 nitrogen and oxygen atoms in total. The smallest absolute Gasteiger partial charge is 0.303 e. The van der Waals surface area contributed by atoms with Gasteiger partial charge in [-0.2, -0.15) is 0 Å². The Balaban J connectivity index is 3.87. The van der Waals surface area contributed by atoms with Crippen molar-refractivity contribution in [2.45, 2.75) is 25.1 Å². The lowest BCUT2D eigenvalue weighted by molar-refractivity contribution is -0.138. The zero-order chi connectivity index (χ0) is 12.6. The van der Waals surface area contributed by atoms with Crippen LogP contribution in [0.3, 0.4) is 0 Å². The van der Waals surface area contributed by atoms with E-state index in [1.807, 2.05) is 0 Å². The molecule has 3 N–H and O–H groups in total. The average Bonchev–Trinajstić information content (AvgIpc) is 2.20. The molecule has 0 aliphatic rings. The zero-order valence-corrected chi connectivity index (χ0v) is 10.1. The molecule has 0 aromatic carbocycles. The Morgan fingerprint density at radius 3 is 2.38 bits per heavy atom. The van der Waals surface area contributed by atoms with Crippen molar-refractivity contribution < 1.29 is 19.5 Å². The van der Waals surface area contributed by atoms with Gasteiger partial charge in [0, 0.05) is 19.9 Å². The Morgan fingerprint density at radius 1 is 1.31 bits per heavy atom. The van der Waals surface area contributed by atoms with E-state index in [-0.39, 0.29) is 29.2 Å². The lowest BCUT2D eigenvalue weighted by Crippen LogP contribution is -2.36. The molecule has 0 aromatic rings. The maximum absolute atomic E-state index is 11.3. The van der Waals surface area contributed by atoms with E-state index >= 15 is 0 Å². The van der Waals surface area contributed by atoms with Crippen molar-refractivity contribution in [3.05, 3.63) is 0 Å². The van der Waals surface area contributed by atoms with Crippen molar-refractivity contribution in [1.29, 1.82) is 0 Å². The van der Waals surface area contributed by atoms with E-state index in [0.29, 0.717) is 6.54 Å². The maximum Gasteiger partial charge on any atom is 0.303 e. The molecule has 7 heteroatoms. The van der Waals surface area contributed by atoms with Crippen LogP contribution in [0.5, 0.6) is 0 Å². The summed E-state index contributed by atoms with van der Waals surface area (Å²) in [5.41, 5.74) is 0. The van der Waals surface area contributed by atoms with Gasteiger partial charge in [0.25, 0.3) is 0 Å². The molecule has 0 aliphatic carbocycles. The predicted octanol–water partition coefficient (Wildman–Crippen LogP) is -0.207. The Labute approximate surface area is 98.2 Å². The van der Waals surface area contributed by atoms with Gasteiger partial charge in [0.1, 0.15) is 0 Å². The third-order valence-electron chi connectivity index (χ3n) is 1.68. The molecule has 0 bridgehead atoms. The molecule has 0 heterocycles. The Bertz CT molecular complexity index is 270. The minimum Gasteiger partial charge on any atom is -0.481 e. The summed E-state index contributed by atoms with van der Waals surface area (Å²) in [6.07, 6.45) is -0.166. The topological polar surface area (TPSA) is 95.5 Å². The van der Waals surface area contributed by atoms with Crippen LogP contribution in [0.15, 0.2) is 0 Å². The Morgan fingerprint density at radius 2 is 1.94 bits per heavy atom. The minimum absolute atomic E-state index is 0.00173. The van der Waals surface area contributed by atoms with E-state index in [9.17, 15) is 14.4 Å². The highest BCUT2D eigenvalue weighted by molar-refractivity contribution is 8.14. The van der Waals surface area contributed by atoms with E-state index in [0.717, 1.165) is 11.8 Å². The highest BCUT2D eigenvalue weighted by Crippen LogP contribution is 2.12. The summed E-state index contributed by atoms with van der Waals surface area (Å²) in [4.78, 5) is 32.2. The van der Waals surface area contributed by atoms with Crippen LogP contribution >= 0.6 is 11.8 Å². The summed E-state index contributed by atoms with van der Waals surface area (Å²) >= 11 is 1.00. The van der Waals surface area contributed by atoms with Crippen LogP contribution in [-0.4, -0.2) is 41.1 Å². The molecule has 1 amide bonds. The number of likely N-dealkylation sites (N-methyl/N-ethyl adjacent to an activating group) is 1. The van der Waals surface area contributed by atoms with Gasteiger partial charge in [-0.1, -0.05) is 11.8 Å². The first-order valence-electron chi connectivity index (χ1n) is 4.78. The van der Waals surface area contributed by atoms with E-state index < -0.39 is 5.97 Å². The monoisotopic (exact) mass is 248 g/mol. The van der Waals surface area contributed by atoms with Crippen molar-refractivity contribution in [3.8, 4) is 0 Å². The van der Waals surface area contributed by atoms with Gasteiger partial charge in [-0.15, -0.1) is 0 Å². The molecule has 0 rings (SSSR count). The third-order valence-corrected chi connectivity index (χ3v) is 2.83. The van der Waals surface area contributed by atoms with E-state index in [2.05, 4.69) is 10.6 Å². The quantitative estimate of drug-likeness (QED) is 0.540. The molecule has 0 saturated heterocycles. The van der Waals surface area contributed by atoms with Crippen molar-refractivity contribution >= 4 is 28.8 Å². The molecule has 0 radical (unpaired) electrons. The number of carboxylic acid groups (broad SMARTS) is 1. The summed E-state index contributed by atoms with van der Waals surface area (Å²) < 4.78 is 0. The molecule has 0 aliphatic heterocycles. The molecule has 16 heavy (non-hydrogen) atoms. The summed E-state index contributed by atoms with van der Waals surface area (Å²) in [6.45, 7) is 1.72. The van der Waals surface area contributed by atoms with Crippen molar-refractivity contribution in [1.82, 2.24) is 10.6 Å². The number of hydrogen-bond donors (Lipinski definition) is 3. The van der Waals surface area contributed by atoms with E-state index in [1.165, 1.54) is 6.92 Å². The largest absolute Gasteiger partial charge is 0.481 e. The van der Waals surface area contributed by atoms with Crippen molar-refractivity contribution in [2.24, 2.45) is 0 Å². The molecule has 0 aromatic heterocycles. The number of carbonyl (C=O) groups is 3. The first-order chi connectivity index (χ1) is 7.45. The number of hydrogen-bond acceptors (Lipinski definition) is 5. The number of thioether (sulfide) groups is 1. The second-order valence-corrected chi connectivity index (χ2v) is 4.36. The molecule has 1 atom stereocenters. The first-order valence-corrected chi connectivity index (χ1v) is 5.66. The summed E-state index contributed by atoms with van der Waals surface area (Å²) in [5, 5.41) is 13.4. The lowest BCUT2D eigenvalue weighted by Gasteiger charge is -2.14. The van der Waals surface area contributed by atoms with Crippen LogP contribution < -0.4 is 10.6 Å². The lowest BCUT2D eigenvalue weighted by atomic mass is 10.3. The van der Waals surface area contributed by atoms with Gasteiger partial charge in [0.2, 0.25) is 5.91 Å². The fourth-order valence-electron chi connectivity index (χ4n) is 0.866. The van der Waals surface area contributed by atoms with Gasteiger partial charge < -0.3 is 15.7 Å². The van der Waals surface area contributed by atoms with E-state index in [4.69, 9.17) is 5.11 Å². The number of carbonyl (C=O) groups excluding carboxylic acids is 2. The third kappa shape index (κ3) is 8.25. The maximum atomic E-state index is 11.3. The van der Waals surface area contributed by atoms with Gasteiger partial charge >= 0.3 is 5.97 Å². The summed E-state index contributed by atoms with van der Waals surface area (Å²) in [5.74, 6) is -1.16. The molecular weight excluding hydrogens is 232 g/mol. The van der Waals surface area contributed by atoms with E-state index in [1.54, 1.807) is 7.05 Å². The second-order valence-electron chi connectivity index (χ2n) is 3.10. The van der Waals surface area contributed by atoms with Crippen LogP contribution in [0.25, 0.3) is 0 Å². The van der Waals surface area contributed by atoms with Crippen LogP contribution in [0, 0.1) is 0 Å². The second kappa shape index (κ2) is 8.12. The highest BCUT2D eigenvalue weighted by atomic mass is 32.2. The average molecular weight is 248 g/mol. The number of carboxylic acids is 1. The molecule has 0 spiro atoms. The number of rotatable bonds is 7. The Hall–Kier alpha value is -1.08. The zero-order valence-electron chi connectivity index (χ0n) is 9.28. The fraction of sp³-hybridized carbons (Fsp3) is 0.667. The highest BCUT2D eigenvalue weighted by Gasteiger charge is 2.14. The first kappa shape index (κ1) is 14.9. The minimum atomic E-state index is -0.989. The summed E-state index contributed by atoms with van der Waals surface area (Å²) in [6, 6.07) is 0. The van der Waals surface area contributed by atoms with Crippen LogP contribution in [0.4, 0.5) is 0 Å². The number of aliphatic carboxylic acids is 1. The van der Waals surface area contributed by atoms with Gasteiger partial charge in [-0.05, 0) is 7.05 Å².